The molecule has 34 heavy (non-hydrogen) atoms. The molecule has 0 amide bonds. The number of carbonyl (C=O) groups excluding carboxylic acids is 1. The fourth-order valence-corrected chi connectivity index (χ4v) is 5.52. The van der Waals surface area contributed by atoms with E-state index in [2.05, 4.69) is 22.9 Å². The maximum absolute atomic E-state index is 13.5. The van der Waals surface area contributed by atoms with Gasteiger partial charge >= 0.3 is 5.97 Å². The molecule has 1 aromatic carbocycles. The summed E-state index contributed by atoms with van der Waals surface area (Å²) in [6, 6.07) is 9.90. The third-order valence-corrected chi connectivity index (χ3v) is 7.69. The van der Waals surface area contributed by atoms with Crippen molar-refractivity contribution in [3.8, 4) is 11.4 Å². The molecule has 5 heterocycles. The van der Waals surface area contributed by atoms with E-state index in [1.807, 2.05) is 18.2 Å². The SMILES string of the molecule is CC[C@@]1(O)C(=O)OCc2c1cc1n(c2=O)Cc2c-1nc1ccccc1c2CN1CCN(C)CC1. The number of hydrogen-bond donors (Lipinski definition) is 1. The molecule has 1 fully saturated rings. The number of fused-ring (bicyclic) bond motifs is 5. The van der Waals surface area contributed by atoms with Gasteiger partial charge in [-0.15, -0.1) is 0 Å². The van der Waals surface area contributed by atoms with Crippen LogP contribution in [-0.2, 0) is 34.8 Å². The predicted octanol–water partition coefficient (Wildman–Crippen LogP) is 1.83. The minimum Gasteiger partial charge on any atom is -0.458 e. The van der Waals surface area contributed by atoms with E-state index in [1.54, 1.807) is 17.6 Å². The number of carbonyl (C=O) groups is 1. The number of rotatable bonds is 3. The van der Waals surface area contributed by atoms with E-state index in [-0.39, 0.29) is 18.6 Å². The molecule has 3 aliphatic rings. The van der Waals surface area contributed by atoms with Crippen molar-refractivity contribution in [2.45, 2.75) is 38.6 Å². The Bertz CT molecular complexity index is 1390. The van der Waals surface area contributed by atoms with Gasteiger partial charge in [-0.1, -0.05) is 25.1 Å². The number of aromatic nitrogens is 2. The van der Waals surface area contributed by atoms with Crippen LogP contribution < -0.4 is 5.56 Å². The number of esters is 1. The van der Waals surface area contributed by atoms with E-state index >= 15 is 0 Å². The van der Waals surface area contributed by atoms with Crippen LogP contribution in [0, 0.1) is 0 Å². The van der Waals surface area contributed by atoms with E-state index < -0.39 is 11.6 Å². The number of cyclic esters (lactones) is 1. The molecule has 0 aliphatic carbocycles. The average Bonchev–Trinajstić information content (AvgIpc) is 3.22. The van der Waals surface area contributed by atoms with Gasteiger partial charge < -0.3 is 19.3 Å². The molecule has 1 saturated heterocycles. The van der Waals surface area contributed by atoms with Gasteiger partial charge in [0.25, 0.3) is 5.56 Å². The molecule has 0 saturated carbocycles. The Labute approximate surface area is 197 Å². The first-order valence-electron chi connectivity index (χ1n) is 11.9. The van der Waals surface area contributed by atoms with Crippen molar-refractivity contribution in [2.24, 2.45) is 0 Å². The number of nitrogens with zero attached hydrogens (tertiary/aromatic N) is 4. The van der Waals surface area contributed by atoms with Crippen molar-refractivity contribution in [3.05, 3.63) is 62.9 Å². The number of hydrogen-bond acceptors (Lipinski definition) is 7. The highest BCUT2D eigenvalue weighted by atomic mass is 16.6. The summed E-state index contributed by atoms with van der Waals surface area (Å²) in [7, 11) is 2.15. The zero-order chi connectivity index (χ0) is 23.6. The third-order valence-electron chi connectivity index (χ3n) is 7.69. The van der Waals surface area contributed by atoms with Gasteiger partial charge in [0.05, 0.1) is 29.0 Å². The van der Waals surface area contributed by atoms with Crippen molar-refractivity contribution >= 4 is 16.9 Å². The number of benzene rings is 1. The van der Waals surface area contributed by atoms with Crippen molar-refractivity contribution in [1.82, 2.24) is 19.4 Å². The first-order chi connectivity index (χ1) is 16.4. The first-order valence-corrected chi connectivity index (χ1v) is 11.9. The maximum Gasteiger partial charge on any atom is 0.343 e. The normalized spacial score (nSPS) is 22.4. The van der Waals surface area contributed by atoms with Gasteiger partial charge in [0.15, 0.2) is 5.60 Å². The molecule has 1 atom stereocenters. The fraction of sp³-hybridized carbons (Fsp3) is 0.423. The summed E-state index contributed by atoms with van der Waals surface area (Å²) in [6.07, 6.45) is 0.133. The summed E-state index contributed by atoms with van der Waals surface area (Å²) in [6.45, 7) is 6.86. The molecule has 3 aliphatic heterocycles. The Balaban J connectivity index is 1.54. The lowest BCUT2D eigenvalue weighted by Crippen LogP contribution is -2.44. The van der Waals surface area contributed by atoms with Gasteiger partial charge in [-0.2, -0.15) is 0 Å². The zero-order valence-corrected chi connectivity index (χ0v) is 19.5. The van der Waals surface area contributed by atoms with Crippen molar-refractivity contribution in [3.63, 3.8) is 0 Å². The van der Waals surface area contributed by atoms with E-state index in [9.17, 15) is 14.7 Å². The molecule has 2 aromatic heterocycles. The van der Waals surface area contributed by atoms with Gasteiger partial charge in [0.2, 0.25) is 0 Å². The van der Waals surface area contributed by atoms with Gasteiger partial charge in [-0.05, 0) is 31.2 Å². The number of ether oxygens (including phenoxy) is 1. The topological polar surface area (TPSA) is 87.9 Å². The Kier molecular flexibility index (Phi) is 4.88. The first kappa shape index (κ1) is 21.5. The Morgan fingerprint density at radius 3 is 2.65 bits per heavy atom. The summed E-state index contributed by atoms with van der Waals surface area (Å²) in [5.41, 5.74) is 3.22. The van der Waals surface area contributed by atoms with Crippen molar-refractivity contribution in [1.29, 1.82) is 0 Å². The van der Waals surface area contributed by atoms with Crippen LogP contribution in [0.15, 0.2) is 35.1 Å². The molecule has 0 bridgehead atoms. The summed E-state index contributed by atoms with van der Waals surface area (Å²) < 4.78 is 6.92. The maximum atomic E-state index is 13.5. The second-order valence-electron chi connectivity index (χ2n) is 9.62. The van der Waals surface area contributed by atoms with Crippen LogP contribution in [0.1, 0.15) is 35.6 Å². The van der Waals surface area contributed by atoms with Crippen LogP contribution in [0.2, 0.25) is 0 Å². The number of para-hydroxylation sites is 1. The highest BCUT2D eigenvalue weighted by molar-refractivity contribution is 5.89. The van der Waals surface area contributed by atoms with Gasteiger partial charge in [-0.25, -0.2) is 9.78 Å². The number of aliphatic hydroxyl groups is 1. The van der Waals surface area contributed by atoms with Crippen LogP contribution >= 0.6 is 0 Å². The highest BCUT2D eigenvalue weighted by Crippen LogP contribution is 2.40. The summed E-state index contributed by atoms with van der Waals surface area (Å²) in [5, 5.41) is 12.2. The molecular formula is C26H28N4O4. The van der Waals surface area contributed by atoms with Crippen LogP contribution in [0.4, 0.5) is 0 Å². The quantitative estimate of drug-likeness (QED) is 0.467. The second kappa shape index (κ2) is 7.73. The fourth-order valence-electron chi connectivity index (χ4n) is 5.52. The molecular weight excluding hydrogens is 432 g/mol. The Morgan fingerprint density at radius 1 is 1.12 bits per heavy atom. The van der Waals surface area contributed by atoms with Gasteiger partial charge in [-0.3, -0.25) is 9.69 Å². The standard InChI is InChI=1S/C26H28N4O4/c1-3-26(33)20-12-22-23-18(14-30(22)24(31)19(20)15-34-25(26)32)17(13-29-10-8-28(2)9-11-29)16-6-4-5-7-21(16)27-23/h4-7,12,33H,3,8-11,13-15H2,1-2H3/t26-/m0/s1. The van der Waals surface area contributed by atoms with Crippen LogP contribution in [-0.4, -0.2) is 63.7 Å². The number of piperazine rings is 1. The van der Waals surface area contributed by atoms with E-state index in [0.717, 1.165) is 54.9 Å². The number of likely N-dealkylation sites (N-methyl/N-ethyl adjacent to an activating group) is 1. The lowest BCUT2D eigenvalue weighted by Gasteiger charge is -2.33. The molecule has 8 heteroatoms. The van der Waals surface area contributed by atoms with Crippen LogP contribution in [0.5, 0.6) is 0 Å². The molecule has 3 aromatic rings. The molecule has 0 unspecified atom stereocenters. The van der Waals surface area contributed by atoms with Crippen molar-refractivity contribution in [2.75, 3.05) is 33.2 Å². The molecule has 0 spiro atoms. The molecule has 0 radical (unpaired) electrons. The van der Waals surface area contributed by atoms with Crippen LogP contribution in [0.3, 0.4) is 0 Å². The highest BCUT2D eigenvalue weighted by Gasteiger charge is 2.45. The second-order valence-corrected chi connectivity index (χ2v) is 9.62. The lowest BCUT2D eigenvalue weighted by atomic mass is 9.86. The monoisotopic (exact) mass is 460 g/mol. The van der Waals surface area contributed by atoms with Crippen LogP contribution in [0.25, 0.3) is 22.3 Å². The molecule has 6 rings (SSSR count). The molecule has 176 valence electrons. The summed E-state index contributed by atoms with van der Waals surface area (Å²) in [5.74, 6) is -0.702. The number of pyridine rings is 2. The lowest BCUT2D eigenvalue weighted by molar-refractivity contribution is -0.172. The zero-order valence-electron chi connectivity index (χ0n) is 19.5. The Hall–Kier alpha value is -3.07. The minimum atomic E-state index is -1.81. The summed E-state index contributed by atoms with van der Waals surface area (Å²) >= 11 is 0. The average molecular weight is 461 g/mol. The van der Waals surface area contributed by atoms with E-state index in [0.29, 0.717) is 23.4 Å². The molecule has 1 N–H and O–H groups in total. The van der Waals surface area contributed by atoms with E-state index in [4.69, 9.17) is 9.72 Å². The van der Waals surface area contributed by atoms with Gasteiger partial charge in [0, 0.05) is 49.2 Å². The molecule has 8 nitrogen and oxygen atoms in total. The van der Waals surface area contributed by atoms with Crippen molar-refractivity contribution < 1.29 is 14.6 Å². The predicted molar refractivity (Wildman–Crippen MR) is 127 cm³/mol. The van der Waals surface area contributed by atoms with E-state index in [1.165, 1.54) is 5.56 Å². The summed E-state index contributed by atoms with van der Waals surface area (Å²) in [4.78, 5) is 35.7. The smallest absolute Gasteiger partial charge is 0.343 e. The Morgan fingerprint density at radius 2 is 1.88 bits per heavy atom. The largest absolute Gasteiger partial charge is 0.458 e. The minimum absolute atomic E-state index is 0.116. The van der Waals surface area contributed by atoms with Gasteiger partial charge in [0.1, 0.15) is 6.61 Å². The third kappa shape index (κ3) is 3.06.